The van der Waals surface area contributed by atoms with Crippen molar-refractivity contribution in [2.24, 2.45) is 11.8 Å². The molecular formula is C22H35N3O4. The zero-order valence-electron chi connectivity index (χ0n) is 18.4. The van der Waals surface area contributed by atoms with Gasteiger partial charge in [0.1, 0.15) is 0 Å². The lowest BCUT2D eigenvalue weighted by Crippen LogP contribution is -2.34. The second-order valence-electron chi connectivity index (χ2n) is 8.43. The third-order valence-corrected chi connectivity index (χ3v) is 4.35. The van der Waals surface area contributed by atoms with E-state index in [2.05, 4.69) is 43.2 Å². The molecule has 2 amide bonds. The van der Waals surface area contributed by atoms with Gasteiger partial charge in [0, 0.05) is 20.0 Å². The van der Waals surface area contributed by atoms with Gasteiger partial charge in [-0.2, -0.15) is 0 Å². The maximum absolute atomic E-state index is 12.4. The third-order valence-electron chi connectivity index (χ3n) is 4.35. The number of carboxylic acids is 1. The zero-order chi connectivity index (χ0) is 22.1. The van der Waals surface area contributed by atoms with E-state index in [1.807, 2.05) is 25.1 Å². The van der Waals surface area contributed by atoms with Gasteiger partial charge in [0.05, 0.1) is 24.3 Å². The van der Waals surface area contributed by atoms with Gasteiger partial charge in [0.15, 0.2) is 0 Å². The average molecular weight is 406 g/mol. The van der Waals surface area contributed by atoms with Gasteiger partial charge >= 0.3 is 5.97 Å². The van der Waals surface area contributed by atoms with E-state index in [-0.39, 0.29) is 30.7 Å². The molecule has 0 saturated carbocycles. The lowest BCUT2D eigenvalue weighted by Gasteiger charge is -2.31. The second kappa shape index (κ2) is 11.4. The Hall–Kier alpha value is -2.57. The molecule has 1 unspecified atom stereocenters. The Morgan fingerprint density at radius 3 is 2.10 bits per heavy atom. The summed E-state index contributed by atoms with van der Waals surface area (Å²) in [5, 5.41) is 14.5. The van der Waals surface area contributed by atoms with E-state index < -0.39 is 5.97 Å². The lowest BCUT2D eigenvalue weighted by molar-refractivity contribution is -0.137. The van der Waals surface area contributed by atoms with Crippen molar-refractivity contribution in [1.82, 2.24) is 5.32 Å². The zero-order valence-corrected chi connectivity index (χ0v) is 18.4. The molecule has 0 aromatic heterocycles. The van der Waals surface area contributed by atoms with E-state index in [4.69, 9.17) is 5.11 Å². The molecule has 7 heteroatoms. The first kappa shape index (κ1) is 24.5. The molecule has 1 aromatic carbocycles. The lowest BCUT2D eigenvalue weighted by atomic mass is 9.96. The van der Waals surface area contributed by atoms with Gasteiger partial charge in [-0.3, -0.25) is 14.4 Å². The van der Waals surface area contributed by atoms with Gasteiger partial charge in [0.25, 0.3) is 0 Å². The SMILES string of the molecule is CC(=O)NCC(=O)Nc1cc(C(C)CC(=O)O)ccc1N(CC(C)C)CC(C)C. The monoisotopic (exact) mass is 405 g/mol. The van der Waals surface area contributed by atoms with Gasteiger partial charge in [-0.15, -0.1) is 0 Å². The number of nitrogens with one attached hydrogen (secondary N) is 2. The van der Waals surface area contributed by atoms with Crippen molar-refractivity contribution >= 4 is 29.2 Å². The van der Waals surface area contributed by atoms with Crippen LogP contribution in [-0.2, 0) is 14.4 Å². The minimum Gasteiger partial charge on any atom is -0.481 e. The molecule has 0 spiro atoms. The van der Waals surface area contributed by atoms with Crippen molar-refractivity contribution in [3.05, 3.63) is 23.8 Å². The highest BCUT2D eigenvalue weighted by molar-refractivity contribution is 5.97. The number of hydrogen-bond donors (Lipinski definition) is 3. The first-order chi connectivity index (χ1) is 13.5. The number of carbonyl (C=O) groups excluding carboxylic acids is 2. The van der Waals surface area contributed by atoms with E-state index in [9.17, 15) is 14.4 Å². The molecule has 29 heavy (non-hydrogen) atoms. The van der Waals surface area contributed by atoms with Crippen LogP contribution in [0.1, 0.15) is 59.4 Å². The molecule has 0 aliphatic rings. The smallest absolute Gasteiger partial charge is 0.303 e. The first-order valence-corrected chi connectivity index (χ1v) is 10.1. The summed E-state index contributed by atoms with van der Waals surface area (Å²) in [7, 11) is 0. The van der Waals surface area contributed by atoms with Gasteiger partial charge in [-0.05, 0) is 35.4 Å². The highest BCUT2D eigenvalue weighted by Crippen LogP contribution is 2.32. The molecule has 1 aromatic rings. The van der Waals surface area contributed by atoms with Crippen LogP contribution in [0.15, 0.2) is 18.2 Å². The number of nitrogens with zero attached hydrogens (tertiary/aromatic N) is 1. The highest BCUT2D eigenvalue weighted by Gasteiger charge is 2.19. The van der Waals surface area contributed by atoms with Gasteiger partial charge in [0.2, 0.25) is 11.8 Å². The Kier molecular flexibility index (Phi) is 9.65. The van der Waals surface area contributed by atoms with Crippen molar-refractivity contribution in [3.63, 3.8) is 0 Å². The minimum absolute atomic E-state index is 0.0142. The molecule has 7 nitrogen and oxygen atoms in total. The summed E-state index contributed by atoms with van der Waals surface area (Å²) in [6.45, 7) is 13.3. The van der Waals surface area contributed by atoms with Crippen molar-refractivity contribution in [1.29, 1.82) is 0 Å². The maximum Gasteiger partial charge on any atom is 0.303 e. The Balaban J connectivity index is 3.27. The maximum atomic E-state index is 12.4. The topological polar surface area (TPSA) is 98.7 Å². The molecule has 162 valence electrons. The van der Waals surface area contributed by atoms with E-state index in [1.165, 1.54) is 6.92 Å². The van der Waals surface area contributed by atoms with Crippen molar-refractivity contribution < 1.29 is 19.5 Å². The van der Waals surface area contributed by atoms with Gasteiger partial charge in [-0.25, -0.2) is 0 Å². The molecule has 0 bridgehead atoms. The Labute approximate surface area is 173 Å². The van der Waals surface area contributed by atoms with Crippen LogP contribution in [0.3, 0.4) is 0 Å². The molecule has 1 atom stereocenters. The Morgan fingerprint density at radius 1 is 1.03 bits per heavy atom. The van der Waals surface area contributed by atoms with E-state index in [1.54, 1.807) is 0 Å². The number of carboxylic acid groups (broad SMARTS) is 1. The van der Waals surface area contributed by atoms with E-state index in [0.29, 0.717) is 17.5 Å². The number of rotatable bonds is 11. The summed E-state index contributed by atoms with van der Waals surface area (Å²) in [5.41, 5.74) is 2.38. The first-order valence-electron chi connectivity index (χ1n) is 10.1. The highest BCUT2D eigenvalue weighted by atomic mass is 16.4. The fourth-order valence-corrected chi connectivity index (χ4v) is 3.17. The largest absolute Gasteiger partial charge is 0.481 e. The van der Waals surface area contributed by atoms with Crippen molar-refractivity contribution in [3.8, 4) is 0 Å². The predicted octanol–water partition coefficient (Wildman–Crippen LogP) is 3.46. The van der Waals surface area contributed by atoms with Gasteiger partial charge in [-0.1, -0.05) is 40.7 Å². The van der Waals surface area contributed by atoms with E-state index >= 15 is 0 Å². The number of hydrogen-bond acceptors (Lipinski definition) is 4. The normalized spacial score (nSPS) is 12.0. The Bertz CT molecular complexity index is 706. The van der Waals surface area contributed by atoms with Crippen LogP contribution in [0, 0.1) is 11.8 Å². The quantitative estimate of drug-likeness (QED) is 0.524. The van der Waals surface area contributed by atoms with Crippen LogP contribution < -0.4 is 15.5 Å². The second-order valence-corrected chi connectivity index (χ2v) is 8.43. The molecular weight excluding hydrogens is 370 g/mol. The summed E-state index contributed by atoms with van der Waals surface area (Å²) < 4.78 is 0. The van der Waals surface area contributed by atoms with Crippen LogP contribution in [0.5, 0.6) is 0 Å². The summed E-state index contributed by atoms with van der Waals surface area (Å²) in [4.78, 5) is 36.8. The molecule has 1 rings (SSSR count). The minimum atomic E-state index is -0.862. The van der Waals surface area contributed by atoms with Crippen LogP contribution in [0.25, 0.3) is 0 Å². The molecule has 0 aliphatic heterocycles. The summed E-state index contributed by atoms with van der Waals surface area (Å²) in [6.07, 6.45) is 0.0142. The molecule has 3 N–H and O–H groups in total. The van der Waals surface area contributed by atoms with Gasteiger partial charge < -0.3 is 20.6 Å². The fraction of sp³-hybridized carbons (Fsp3) is 0.591. The predicted molar refractivity (Wildman–Crippen MR) is 116 cm³/mol. The molecule has 0 heterocycles. The Morgan fingerprint density at radius 2 is 1.62 bits per heavy atom. The summed E-state index contributed by atoms with van der Waals surface area (Å²) in [5.74, 6) is -0.774. The molecule has 0 radical (unpaired) electrons. The summed E-state index contributed by atoms with van der Waals surface area (Å²) in [6, 6.07) is 5.73. The molecule has 0 saturated heterocycles. The number of benzene rings is 1. The molecule has 0 aliphatic carbocycles. The number of aliphatic carboxylic acids is 1. The standard InChI is InChI=1S/C22H35N3O4/c1-14(2)12-25(13-15(3)4)20-8-7-18(16(5)9-22(28)29)10-19(20)24-21(27)11-23-17(6)26/h7-8,10,14-16H,9,11-13H2,1-6H3,(H,23,26)(H,24,27)(H,28,29). The van der Waals surface area contributed by atoms with Crippen LogP contribution >= 0.6 is 0 Å². The van der Waals surface area contributed by atoms with E-state index in [0.717, 1.165) is 24.3 Å². The van der Waals surface area contributed by atoms with Crippen LogP contribution in [0.4, 0.5) is 11.4 Å². The van der Waals surface area contributed by atoms with Crippen LogP contribution in [0.2, 0.25) is 0 Å². The number of anilines is 2. The van der Waals surface area contributed by atoms with Crippen molar-refractivity contribution in [2.75, 3.05) is 29.9 Å². The number of amides is 2. The average Bonchev–Trinajstić information content (AvgIpc) is 2.58. The third kappa shape index (κ3) is 8.98. The fourth-order valence-electron chi connectivity index (χ4n) is 3.17. The van der Waals surface area contributed by atoms with Crippen molar-refractivity contribution in [2.45, 2.75) is 53.9 Å². The molecule has 0 fully saturated rings. The number of carbonyl (C=O) groups is 3. The summed E-state index contributed by atoms with van der Waals surface area (Å²) >= 11 is 0. The van der Waals surface area contributed by atoms with Crippen LogP contribution in [-0.4, -0.2) is 42.5 Å².